The Hall–Kier alpha value is -1.86. The SMILES string of the molecule is C1=Cc2ccccc2C(C2CCN(C3CCCCC3)CC2)c2ccccc21. The lowest BCUT2D eigenvalue weighted by atomic mass is 9.74. The zero-order valence-corrected chi connectivity index (χ0v) is 16.3. The monoisotopic (exact) mass is 357 g/mol. The number of rotatable bonds is 2. The molecule has 1 aliphatic heterocycles. The molecule has 2 aromatic carbocycles. The predicted octanol–water partition coefficient (Wildman–Crippen LogP) is 6.35. The summed E-state index contributed by atoms with van der Waals surface area (Å²) in [5.41, 5.74) is 5.89. The number of piperidine rings is 1. The molecule has 1 heteroatoms. The molecular formula is C26H31N. The molecule has 0 aromatic heterocycles. The van der Waals surface area contributed by atoms with Crippen molar-refractivity contribution in [2.45, 2.75) is 56.9 Å². The van der Waals surface area contributed by atoms with Gasteiger partial charge >= 0.3 is 0 Å². The fraction of sp³-hybridized carbons (Fsp3) is 0.462. The van der Waals surface area contributed by atoms with E-state index in [-0.39, 0.29) is 0 Å². The van der Waals surface area contributed by atoms with Gasteiger partial charge in [0.2, 0.25) is 0 Å². The van der Waals surface area contributed by atoms with E-state index >= 15 is 0 Å². The van der Waals surface area contributed by atoms with Crippen LogP contribution < -0.4 is 0 Å². The minimum Gasteiger partial charge on any atom is -0.300 e. The van der Waals surface area contributed by atoms with E-state index in [0.29, 0.717) is 5.92 Å². The van der Waals surface area contributed by atoms with Gasteiger partial charge in [-0.25, -0.2) is 0 Å². The molecule has 1 saturated heterocycles. The summed E-state index contributed by atoms with van der Waals surface area (Å²) in [5, 5.41) is 0. The average Bonchev–Trinajstić information content (AvgIpc) is 2.91. The Morgan fingerprint density at radius 2 is 1.19 bits per heavy atom. The van der Waals surface area contributed by atoms with Crippen LogP contribution in [0.25, 0.3) is 12.2 Å². The fourth-order valence-corrected chi connectivity index (χ4v) is 5.81. The Morgan fingerprint density at radius 3 is 1.78 bits per heavy atom. The van der Waals surface area contributed by atoms with E-state index in [2.05, 4.69) is 65.6 Å². The molecule has 0 unspecified atom stereocenters. The Morgan fingerprint density at radius 1 is 0.630 bits per heavy atom. The Kier molecular flexibility index (Phi) is 4.88. The van der Waals surface area contributed by atoms with Gasteiger partial charge < -0.3 is 4.90 Å². The molecular weight excluding hydrogens is 326 g/mol. The maximum Gasteiger partial charge on any atom is 0.0130 e. The van der Waals surface area contributed by atoms with Gasteiger partial charge in [0.05, 0.1) is 0 Å². The topological polar surface area (TPSA) is 3.24 Å². The summed E-state index contributed by atoms with van der Waals surface area (Å²) in [6.45, 7) is 2.59. The van der Waals surface area contributed by atoms with Gasteiger partial charge in [0.15, 0.2) is 0 Å². The summed E-state index contributed by atoms with van der Waals surface area (Å²) in [6.07, 6.45) is 14.5. The highest BCUT2D eigenvalue weighted by atomic mass is 15.2. The molecule has 2 aromatic rings. The summed E-state index contributed by atoms with van der Waals surface area (Å²) in [5.74, 6) is 1.30. The second kappa shape index (κ2) is 7.64. The van der Waals surface area contributed by atoms with E-state index < -0.39 is 0 Å². The van der Waals surface area contributed by atoms with Gasteiger partial charge in [0, 0.05) is 12.0 Å². The van der Waals surface area contributed by atoms with Crippen LogP contribution in [-0.4, -0.2) is 24.0 Å². The summed E-state index contributed by atoms with van der Waals surface area (Å²) in [4.78, 5) is 2.82. The smallest absolute Gasteiger partial charge is 0.0130 e. The van der Waals surface area contributed by atoms with Gasteiger partial charge in [-0.1, -0.05) is 79.9 Å². The van der Waals surface area contributed by atoms with Crippen molar-refractivity contribution in [3.05, 3.63) is 70.8 Å². The molecule has 1 heterocycles. The van der Waals surface area contributed by atoms with E-state index in [0.717, 1.165) is 12.0 Å². The molecule has 0 spiro atoms. The summed E-state index contributed by atoms with van der Waals surface area (Å²) >= 11 is 0. The number of hydrogen-bond donors (Lipinski definition) is 0. The molecule has 5 rings (SSSR count). The van der Waals surface area contributed by atoms with Gasteiger partial charge in [-0.05, 0) is 66.9 Å². The molecule has 27 heavy (non-hydrogen) atoms. The molecule has 3 aliphatic rings. The van der Waals surface area contributed by atoms with Gasteiger partial charge in [-0.2, -0.15) is 0 Å². The highest BCUT2D eigenvalue weighted by Crippen LogP contribution is 2.43. The maximum absolute atomic E-state index is 2.82. The lowest BCUT2D eigenvalue weighted by molar-refractivity contribution is 0.102. The second-order valence-electron chi connectivity index (χ2n) is 8.73. The normalized spacial score (nSPS) is 22.2. The van der Waals surface area contributed by atoms with Crippen LogP contribution in [0.2, 0.25) is 0 Å². The second-order valence-corrected chi connectivity index (χ2v) is 8.73. The van der Waals surface area contributed by atoms with Crippen molar-refractivity contribution in [3.8, 4) is 0 Å². The van der Waals surface area contributed by atoms with Crippen LogP contribution in [0.5, 0.6) is 0 Å². The van der Waals surface area contributed by atoms with Crippen LogP contribution in [0.3, 0.4) is 0 Å². The lowest BCUT2D eigenvalue weighted by Crippen LogP contribution is -2.43. The number of benzene rings is 2. The number of hydrogen-bond acceptors (Lipinski definition) is 1. The number of nitrogens with zero attached hydrogens (tertiary/aromatic N) is 1. The standard InChI is InChI=1S/C26H31N/c1-2-10-23(11-3-1)27-18-16-22(17-19-27)26-24-12-6-4-8-20(24)14-15-21-9-5-7-13-25(21)26/h4-9,12-15,22-23,26H,1-3,10-11,16-19H2. The highest BCUT2D eigenvalue weighted by Gasteiger charge is 2.33. The third-order valence-electron chi connectivity index (χ3n) is 7.24. The Balaban J connectivity index is 1.42. The first-order valence-corrected chi connectivity index (χ1v) is 11.0. The Bertz CT molecular complexity index is 757. The molecule has 0 bridgehead atoms. The lowest BCUT2D eigenvalue weighted by Gasteiger charge is -2.41. The minimum atomic E-state index is 0.543. The minimum absolute atomic E-state index is 0.543. The van der Waals surface area contributed by atoms with Crippen molar-refractivity contribution in [1.82, 2.24) is 4.90 Å². The molecule has 0 atom stereocenters. The molecule has 1 nitrogen and oxygen atoms in total. The van der Waals surface area contributed by atoms with Crippen LogP contribution in [0, 0.1) is 5.92 Å². The van der Waals surface area contributed by atoms with Crippen molar-refractivity contribution in [2.75, 3.05) is 13.1 Å². The highest BCUT2D eigenvalue weighted by molar-refractivity contribution is 5.76. The van der Waals surface area contributed by atoms with Gasteiger partial charge in [-0.15, -0.1) is 0 Å². The molecule has 2 aliphatic carbocycles. The predicted molar refractivity (Wildman–Crippen MR) is 115 cm³/mol. The van der Waals surface area contributed by atoms with Crippen LogP contribution in [0.15, 0.2) is 48.5 Å². The molecule has 1 saturated carbocycles. The molecule has 0 N–H and O–H groups in total. The van der Waals surface area contributed by atoms with E-state index in [4.69, 9.17) is 0 Å². The van der Waals surface area contributed by atoms with Crippen molar-refractivity contribution >= 4 is 12.2 Å². The van der Waals surface area contributed by atoms with Crippen LogP contribution in [-0.2, 0) is 0 Å². The van der Waals surface area contributed by atoms with Crippen molar-refractivity contribution in [2.24, 2.45) is 5.92 Å². The molecule has 0 radical (unpaired) electrons. The first-order chi connectivity index (χ1) is 13.4. The molecule has 0 amide bonds. The van der Waals surface area contributed by atoms with Crippen molar-refractivity contribution in [1.29, 1.82) is 0 Å². The quantitative estimate of drug-likeness (QED) is 0.605. The van der Waals surface area contributed by atoms with Crippen molar-refractivity contribution in [3.63, 3.8) is 0 Å². The molecule has 2 fully saturated rings. The van der Waals surface area contributed by atoms with Crippen LogP contribution >= 0.6 is 0 Å². The van der Waals surface area contributed by atoms with E-state index in [1.54, 1.807) is 0 Å². The van der Waals surface area contributed by atoms with Crippen molar-refractivity contribution < 1.29 is 0 Å². The Labute approximate surface area is 164 Å². The third-order valence-corrected chi connectivity index (χ3v) is 7.24. The number of likely N-dealkylation sites (tertiary alicyclic amines) is 1. The van der Waals surface area contributed by atoms with Gasteiger partial charge in [0.1, 0.15) is 0 Å². The largest absolute Gasteiger partial charge is 0.300 e. The summed E-state index contributed by atoms with van der Waals surface area (Å²) in [6, 6.07) is 19.0. The van der Waals surface area contributed by atoms with E-state index in [1.807, 2.05) is 0 Å². The van der Waals surface area contributed by atoms with Gasteiger partial charge in [-0.3, -0.25) is 0 Å². The van der Waals surface area contributed by atoms with Crippen LogP contribution in [0.4, 0.5) is 0 Å². The summed E-state index contributed by atoms with van der Waals surface area (Å²) < 4.78 is 0. The zero-order chi connectivity index (χ0) is 18.1. The first kappa shape index (κ1) is 17.3. The van der Waals surface area contributed by atoms with Crippen LogP contribution in [0.1, 0.15) is 73.1 Å². The molecule has 140 valence electrons. The average molecular weight is 358 g/mol. The summed E-state index contributed by atoms with van der Waals surface area (Å²) in [7, 11) is 0. The fourth-order valence-electron chi connectivity index (χ4n) is 5.81. The first-order valence-electron chi connectivity index (χ1n) is 11.0. The third kappa shape index (κ3) is 3.38. The zero-order valence-electron chi connectivity index (χ0n) is 16.3. The van der Waals surface area contributed by atoms with E-state index in [1.165, 1.54) is 80.3 Å². The number of fused-ring (bicyclic) bond motifs is 2. The van der Waals surface area contributed by atoms with Gasteiger partial charge in [0.25, 0.3) is 0 Å². The van der Waals surface area contributed by atoms with E-state index in [9.17, 15) is 0 Å². The maximum atomic E-state index is 2.82.